The Hall–Kier alpha value is -1.14. The molecule has 0 N–H and O–H groups in total. The lowest BCUT2D eigenvalue weighted by atomic mass is 9.75. The quantitative estimate of drug-likeness (QED) is 0.779. The second-order valence-electron chi connectivity index (χ2n) is 7.70. The van der Waals surface area contributed by atoms with E-state index in [2.05, 4.69) is 6.92 Å². The molecule has 4 rings (SSSR count). The van der Waals surface area contributed by atoms with E-state index in [0.29, 0.717) is 50.5 Å². The Morgan fingerprint density at radius 2 is 2.04 bits per heavy atom. The van der Waals surface area contributed by atoms with Crippen molar-refractivity contribution in [2.24, 2.45) is 23.7 Å². The van der Waals surface area contributed by atoms with E-state index in [9.17, 15) is 9.59 Å². The van der Waals surface area contributed by atoms with Crippen molar-refractivity contribution in [3.05, 3.63) is 0 Å². The van der Waals surface area contributed by atoms with Crippen LogP contribution in [0.2, 0.25) is 0 Å². The minimum absolute atomic E-state index is 0.0642. The van der Waals surface area contributed by atoms with Crippen molar-refractivity contribution in [3.8, 4) is 0 Å². The number of amides is 2. The predicted octanol–water partition coefficient (Wildman–Crippen LogP) is 1.06. The Morgan fingerprint density at radius 3 is 2.74 bits per heavy atom. The summed E-state index contributed by atoms with van der Waals surface area (Å²) in [6.07, 6.45) is 3.57. The van der Waals surface area contributed by atoms with Crippen molar-refractivity contribution >= 4 is 11.8 Å². The first-order chi connectivity index (χ1) is 11.1. The molecule has 0 aromatic carbocycles. The summed E-state index contributed by atoms with van der Waals surface area (Å²) in [7, 11) is 0. The molecule has 6 nitrogen and oxygen atoms in total. The number of ether oxygens (including phenoxy) is 1. The first kappa shape index (κ1) is 15.4. The molecule has 4 fully saturated rings. The van der Waals surface area contributed by atoms with Gasteiger partial charge >= 0.3 is 0 Å². The van der Waals surface area contributed by atoms with Crippen LogP contribution in [-0.2, 0) is 19.2 Å². The number of likely N-dealkylation sites (tertiary alicyclic amines) is 1. The summed E-state index contributed by atoms with van der Waals surface area (Å²) < 4.78 is 5.88. The molecule has 3 aliphatic heterocycles. The maximum absolute atomic E-state index is 12.5. The number of hydrogen-bond acceptors (Lipinski definition) is 4. The highest BCUT2D eigenvalue weighted by Crippen LogP contribution is 2.39. The van der Waals surface area contributed by atoms with Crippen molar-refractivity contribution in [1.82, 2.24) is 9.96 Å². The average molecular weight is 322 g/mol. The van der Waals surface area contributed by atoms with Crippen LogP contribution in [0, 0.1) is 23.7 Å². The molecule has 2 amide bonds. The molecule has 0 unspecified atom stereocenters. The molecule has 1 saturated carbocycles. The monoisotopic (exact) mass is 322 g/mol. The number of carbonyl (C=O) groups excluding carboxylic acids is 2. The SMILES string of the molecule is CC1CC(C(=O)N2C[C@@H]3[C@H](CC(=O)N4CCCO4)CO[C@@H]3C2)C1. The summed E-state index contributed by atoms with van der Waals surface area (Å²) >= 11 is 0. The molecule has 3 heterocycles. The van der Waals surface area contributed by atoms with Crippen LogP contribution in [0.5, 0.6) is 0 Å². The molecule has 4 aliphatic rings. The van der Waals surface area contributed by atoms with Gasteiger partial charge in [-0.15, -0.1) is 0 Å². The van der Waals surface area contributed by atoms with Gasteiger partial charge in [0.1, 0.15) is 0 Å². The zero-order chi connectivity index (χ0) is 16.0. The van der Waals surface area contributed by atoms with Gasteiger partial charge in [0.15, 0.2) is 0 Å². The lowest BCUT2D eigenvalue weighted by Crippen LogP contribution is -2.41. The van der Waals surface area contributed by atoms with E-state index in [1.54, 1.807) is 0 Å². The molecule has 23 heavy (non-hydrogen) atoms. The van der Waals surface area contributed by atoms with E-state index in [4.69, 9.17) is 9.57 Å². The van der Waals surface area contributed by atoms with Crippen molar-refractivity contribution in [2.75, 3.05) is 32.8 Å². The third-order valence-corrected chi connectivity index (χ3v) is 5.94. The highest BCUT2D eigenvalue weighted by Gasteiger charge is 2.47. The number of fused-ring (bicyclic) bond motifs is 1. The van der Waals surface area contributed by atoms with Gasteiger partial charge in [0.25, 0.3) is 0 Å². The van der Waals surface area contributed by atoms with Gasteiger partial charge in [-0.05, 0) is 31.1 Å². The second kappa shape index (κ2) is 6.06. The molecule has 0 radical (unpaired) electrons. The number of hydroxylamine groups is 2. The van der Waals surface area contributed by atoms with Gasteiger partial charge in [-0.3, -0.25) is 14.4 Å². The van der Waals surface area contributed by atoms with Crippen LogP contribution in [0.4, 0.5) is 0 Å². The molecule has 0 aromatic rings. The van der Waals surface area contributed by atoms with Gasteiger partial charge in [-0.1, -0.05) is 6.92 Å². The molecule has 0 spiro atoms. The van der Waals surface area contributed by atoms with Gasteiger partial charge < -0.3 is 9.64 Å². The van der Waals surface area contributed by atoms with E-state index in [-0.39, 0.29) is 23.8 Å². The standard InChI is InChI=1S/C17H26N2O4/c1-11-5-12(6-11)17(21)18-8-14-13(10-22-15(14)9-18)7-16(20)19-3-2-4-23-19/h11-15H,2-10H2,1H3/t11?,12?,13-,14-,15-/m1/s1. The Morgan fingerprint density at radius 1 is 1.22 bits per heavy atom. The van der Waals surface area contributed by atoms with Crippen molar-refractivity contribution in [1.29, 1.82) is 0 Å². The normalized spacial score (nSPS) is 39.4. The lowest BCUT2D eigenvalue weighted by Gasteiger charge is -2.34. The lowest BCUT2D eigenvalue weighted by molar-refractivity contribution is -0.170. The highest BCUT2D eigenvalue weighted by atomic mass is 16.7. The van der Waals surface area contributed by atoms with Crippen LogP contribution < -0.4 is 0 Å². The maximum atomic E-state index is 12.5. The van der Waals surface area contributed by atoms with E-state index in [1.165, 1.54) is 5.06 Å². The number of carbonyl (C=O) groups is 2. The van der Waals surface area contributed by atoms with Crippen LogP contribution in [0.15, 0.2) is 0 Å². The first-order valence-corrected chi connectivity index (χ1v) is 8.95. The van der Waals surface area contributed by atoms with E-state index >= 15 is 0 Å². The van der Waals surface area contributed by atoms with Gasteiger partial charge in [-0.2, -0.15) is 0 Å². The summed E-state index contributed by atoms with van der Waals surface area (Å²) in [6, 6.07) is 0. The largest absolute Gasteiger partial charge is 0.376 e. The molecule has 6 heteroatoms. The Kier molecular flexibility index (Phi) is 4.05. The van der Waals surface area contributed by atoms with E-state index in [0.717, 1.165) is 25.8 Å². The summed E-state index contributed by atoms with van der Waals surface area (Å²) in [5.41, 5.74) is 0. The first-order valence-electron chi connectivity index (χ1n) is 8.95. The third-order valence-electron chi connectivity index (χ3n) is 5.94. The Balaban J connectivity index is 1.32. The number of rotatable bonds is 3. The van der Waals surface area contributed by atoms with Crippen LogP contribution >= 0.6 is 0 Å². The zero-order valence-corrected chi connectivity index (χ0v) is 13.8. The van der Waals surface area contributed by atoms with Crippen molar-refractivity contribution in [2.45, 2.75) is 38.7 Å². The van der Waals surface area contributed by atoms with Crippen molar-refractivity contribution in [3.63, 3.8) is 0 Å². The highest BCUT2D eigenvalue weighted by molar-refractivity contribution is 5.80. The second-order valence-corrected chi connectivity index (χ2v) is 7.70. The molecular formula is C17H26N2O4. The van der Waals surface area contributed by atoms with Crippen LogP contribution in [0.3, 0.4) is 0 Å². The summed E-state index contributed by atoms with van der Waals surface area (Å²) in [4.78, 5) is 32.1. The van der Waals surface area contributed by atoms with E-state index in [1.807, 2.05) is 4.90 Å². The minimum atomic E-state index is 0.0642. The van der Waals surface area contributed by atoms with Gasteiger partial charge in [0.05, 0.1) is 25.9 Å². The minimum Gasteiger partial charge on any atom is -0.376 e. The Labute approximate surface area is 137 Å². The molecule has 0 bridgehead atoms. The summed E-state index contributed by atoms with van der Waals surface area (Å²) in [6.45, 7) is 5.64. The fourth-order valence-electron chi connectivity index (χ4n) is 4.52. The fraction of sp³-hybridized carbons (Fsp3) is 0.882. The Bertz CT molecular complexity index is 485. The molecule has 3 saturated heterocycles. The predicted molar refractivity (Wildman–Crippen MR) is 82.1 cm³/mol. The average Bonchev–Trinajstić information content (AvgIpc) is 3.21. The molecular weight excluding hydrogens is 296 g/mol. The summed E-state index contributed by atoms with van der Waals surface area (Å²) in [5.74, 6) is 1.80. The molecule has 3 atom stereocenters. The molecule has 1 aliphatic carbocycles. The molecule has 128 valence electrons. The van der Waals surface area contributed by atoms with Crippen LogP contribution in [0.25, 0.3) is 0 Å². The zero-order valence-electron chi connectivity index (χ0n) is 13.8. The smallest absolute Gasteiger partial charge is 0.246 e. The van der Waals surface area contributed by atoms with Gasteiger partial charge in [0.2, 0.25) is 11.8 Å². The van der Waals surface area contributed by atoms with Gasteiger partial charge in [-0.25, -0.2) is 5.06 Å². The fourth-order valence-corrected chi connectivity index (χ4v) is 4.52. The maximum Gasteiger partial charge on any atom is 0.246 e. The van der Waals surface area contributed by atoms with Crippen molar-refractivity contribution < 1.29 is 19.2 Å². The van der Waals surface area contributed by atoms with E-state index < -0.39 is 0 Å². The van der Waals surface area contributed by atoms with Gasteiger partial charge in [0, 0.05) is 31.3 Å². The topological polar surface area (TPSA) is 59.1 Å². The van der Waals surface area contributed by atoms with Crippen LogP contribution in [-0.4, -0.2) is 60.7 Å². The molecule has 0 aromatic heterocycles. The summed E-state index contributed by atoms with van der Waals surface area (Å²) in [5, 5.41) is 1.50. The third kappa shape index (κ3) is 2.87. The number of nitrogens with zero attached hydrogens (tertiary/aromatic N) is 2. The van der Waals surface area contributed by atoms with Crippen LogP contribution in [0.1, 0.15) is 32.6 Å². The number of hydrogen-bond donors (Lipinski definition) is 0.